The van der Waals surface area contributed by atoms with Gasteiger partial charge in [0.1, 0.15) is 17.2 Å². The number of carbonyl (C=O) groups excluding carboxylic acids is 1. The molecule has 4 heteroatoms. The van der Waals surface area contributed by atoms with Gasteiger partial charge in [-0.15, -0.1) is 0 Å². The van der Waals surface area contributed by atoms with E-state index < -0.39 is 0 Å². The third kappa shape index (κ3) is 3.04. The van der Waals surface area contributed by atoms with Crippen molar-refractivity contribution < 1.29 is 14.3 Å². The molecular weight excluding hydrogens is 242 g/mol. The first kappa shape index (κ1) is 13.0. The fourth-order valence-electron chi connectivity index (χ4n) is 1.67. The molecule has 0 amide bonds. The number of hydrogen-bond donors (Lipinski definition) is 1. The van der Waals surface area contributed by atoms with Crippen LogP contribution in [0.3, 0.4) is 0 Å². The van der Waals surface area contributed by atoms with Crippen molar-refractivity contribution in [2.45, 2.75) is 6.92 Å². The maximum Gasteiger partial charge on any atom is 0.163 e. The monoisotopic (exact) mass is 257 g/mol. The van der Waals surface area contributed by atoms with Crippen LogP contribution in [0.5, 0.6) is 17.2 Å². The Hall–Kier alpha value is -2.49. The van der Waals surface area contributed by atoms with E-state index in [9.17, 15) is 4.79 Å². The molecule has 0 bridgehead atoms. The van der Waals surface area contributed by atoms with E-state index >= 15 is 0 Å². The van der Waals surface area contributed by atoms with Gasteiger partial charge >= 0.3 is 0 Å². The SMILES string of the molecule is COc1ccc(C(C)=O)c(Oc2ccc(N)cc2)c1. The number of Topliss-reactive ketones (excluding diaryl/α,β-unsaturated/α-hetero) is 1. The lowest BCUT2D eigenvalue weighted by atomic mass is 10.1. The summed E-state index contributed by atoms with van der Waals surface area (Å²) in [6.07, 6.45) is 0. The molecule has 0 saturated heterocycles. The number of rotatable bonds is 4. The highest BCUT2D eigenvalue weighted by Crippen LogP contribution is 2.30. The minimum atomic E-state index is -0.0619. The molecule has 2 aromatic carbocycles. The molecule has 0 radical (unpaired) electrons. The molecule has 4 nitrogen and oxygen atoms in total. The van der Waals surface area contributed by atoms with Gasteiger partial charge in [-0.05, 0) is 43.3 Å². The first-order valence-electron chi connectivity index (χ1n) is 5.82. The van der Waals surface area contributed by atoms with Gasteiger partial charge in [-0.1, -0.05) is 0 Å². The van der Waals surface area contributed by atoms with Crippen molar-refractivity contribution >= 4 is 11.5 Å². The number of benzene rings is 2. The molecule has 0 unspecified atom stereocenters. The Morgan fingerprint density at radius 1 is 1.05 bits per heavy atom. The summed E-state index contributed by atoms with van der Waals surface area (Å²) >= 11 is 0. The van der Waals surface area contributed by atoms with Crippen molar-refractivity contribution in [2.75, 3.05) is 12.8 Å². The van der Waals surface area contributed by atoms with Gasteiger partial charge in [-0.2, -0.15) is 0 Å². The number of ether oxygens (including phenoxy) is 2. The van der Waals surface area contributed by atoms with E-state index in [1.807, 2.05) is 0 Å². The third-order valence-electron chi connectivity index (χ3n) is 2.68. The Morgan fingerprint density at radius 2 is 1.68 bits per heavy atom. The van der Waals surface area contributed by atoms with E-state index in [0.29, 0.717) is 28.5 Å². The van der Waals surface area contributed by atoms with Crippen LogP contribution < -0.4 is 15.2 Å². The number of ketones is 1. The van der Waals surface area contributed by atoms with Gasteiger partial charge in [0.2, 0.25) is 0 Å². The van der Waals surface area contributed by atoms with E-state index in [0.717, 1.165) is 0 Å². The highest BCUT2D eigenvalue weighted by Gasteiger charge is 2.11. The van der Waals surface area contributed by atoms with Crippen LogP contribution in [0.4, 0.5) is 5.69 Å². The molecule has 98 valence electrons. The number of methoxy groups -OCH3 is 1. The van der Waals surface area contributed by atoms with E-state index in [1.165, 1.54) is 6.92 Å². The molecule has 2 aromatic rings. The predicted octanol–water partition coefficient (Wildman–Crippen LogP) is 3.27. The average Bonchev–Trinajstić information content (AvgIpc) is 2.41. The molecule has 0 aromatic heterocycles. The minimum Gasteiger partial charge on any atom is -0.497 e. The van der Waals surface area contributed by atoms with Crippen LogP contribution in [-0.2, 0) is 0 Å². The zero-order valence-electron chi connectivity index (χ0n) is 10.8. The fraction of sp³-hybridized carbons (Fsp3) is 0.133. The quantitative estimate of drug-likeness (QED) is 0.674. The zero-order valence-corrected chi connectivity index (χ0v) is 10.8. The van der Waals surface area contributed by atoms with Gasteiger partial charge in [0.25, 0.3) is 0 Å². The molecule has 0 spiro atoms. The summed E-state index contributed by atoms with van der Waals surface area (Å²) in [5.41, 5.74) is 6.78. The van der Waals surface area contributed by atoms with Crippen LogP contribution in [0, 0.1) is 0 Å². The van der Waals surface area contributed by atoms with Crippen LogP contribution in [-0.4, -0.2) is 12.9 Å². The van der Waals surface area contributed by atoms with Crippen LogP contribution >= 0.6 is 0 Å². The summed E-state index contributed by atoms with van der Waals surface area (Å²) in [5.74, 6) is 1.66. The predicted molar refractivity (Wildman–Crippen MR) is 73.9 cm³/mol. The smallest absolute Gasteiger partial charge is 0.163 e. The molecule has 19 heavy (non-hydrogen) atoms. The summed E-state index contributed by atoms with van der Waals surface area (Å²) in [5, 5.41) is 0. The van der Waals surface area contributed by atoms with Crippen molar-refractivity contribution in [3.63, 3.8) is 0 Å². The lowest BCUT2D eigenvalue weighted by Gasteiger charge is -2.11. The highest BCUT2D eigenvalue weighted by atomic mass is 16.5. The molecule has 0 heterocycles. The van der Waals surface area contributed by atoms with E-state index in [-0.39, 0.29) is 5.78 Å². The maximum absolute atomic E-state index is 11.6. The second-order valence-electron chi connectivity index (χ2n) is 4.09. The Morgan fingerprint density at radius 3 is 2.26 bits per heavy atom. The molecule has 0 aliphatic heterocycles. The molecule has 0 fully saturated rings. The normalized spacial score (nSPS) is 10.0. The van der Waals surface area contributed by atoms with Crippen molar-refractivity contribution in [3.05, 3.63) is 48.0 Å². The standard InChI is InChI=1S/C15H15NO3/c1-10(17)14-8-7-13(18-2)9-15(14)19-12-5-3-11(16)4-6-12/h3-9H,16H2,1-2H3. The van der Waals surface area contributed by atoms with E-state index in [2.05, 4.69) is 0 Å². The summed E-state index contributed by atoms with van der Waals surface area (Å²) in [6, 6.07) is 12.1. The second-order valence-corrected chi connectivity index (χ2v) is 4.09. The van der Waals surface area contributed by atoms with Crippen LogP contribution in [0.2, 0.25) is 0 Å². The van der Waals surface area contributed by atoms with Crippen molar-refractivity contribution in [2.24, 2.45) is 0 Å². The first-order valence-corrected chi connectivity index (χ1v) is 5.82. The lowest BCUT2D eigenvalue weighted by molar-refractivity contribution is 0.101. The number of carbonyl (C=O) groups is 1. The summed E-state index contributed by atoms with van der Waals surface area (Å²) in [6.45, 7) is 1.50. The fourth-order valence-corrected chi connectivity index (χ4v) is 1.67. The molecule has 0 aliphatic carbocycles. The molecule has 2 rings (SSSR count). The van der Waals surface area contributed by atoms with Gasteiger partial charge < -0.3 is 15.2 Å². The largest absolute Gasteiger partial charge is 0.497 e. The summed E-state index contributed by atoms with van der Waals surface area (Å²) in [4.78, 5) is 11.6. The summed E-state index contributed by atoms with van der Waals surface area (Å²) in [7, 11) is 1.57. The zero-order chi connectivity index (χ0) is 13.8. The molecule has 2 N–H and O–H groups in total. The average molecular weight is 257 g/mol. The summed E-state index contributed by atoms with van der Waals surface area (Å²) < 4.78 is 10.8. The van der Waals surface area contributed by atoms with Crippen LogP contribution in [0.15, 0.2) is 42.5 Å². The molecule has 0 saturated carbocycles. The minimum absolute atomic E-state index is 0.0619. The highest BCUT2D eigenvalue weighted by molar-refractivity contribution is 5.97. The second kappa shape index (κ2) is 5.44. The van der Waals surface area contributed by atoms with Crippen molar-refractivity contribution in [1.29, 1.82) is 0 Å². The van der Waals surface area contributed by atoms with Gasteiger partial charge in [0.05, 0.1) is 12.7 Å². The number of nitrogen functional groups attached to an aromatic ring is 1. The van der Waals surface area contributed by atoms with Crippen LogP contribution in [0.25, 0.3) is 0 Å². The molecule has 0 aliphatic rings. The third-order valence-corrected chi connectivity index (χ3v) is 2.68. The lowest BCUT2D eigenvalue weighted by Crippen LogP contribution is -1.98. The number of nitrogens with two attached hydrogens (primary N) is 1. The van der Waals surface area contributed by atoms with E-state index in [1.54, 1.807) is 49.6 Å². The van der Waals surface area contributed by atoms with E-state index in [4.69, 9.17) is 15.2 Å². The number of hydrogen-bond acceptors (Lipinski definition) is 4. The van der Waals surface area contributed by atoms with Gasteiger partial charge in [0, 0.05) is 11.8 Å². The molecular formula is C15H15NO3. The first-order chi connectivity index (χ1) is 9.10. The van der Waals surface area contributed by atoms with Gasteiger partial charge in [0.15, 0.2) is 5.78 Å². The Labute approximate surface area is 111 Å². The van der Waals surface area contributed by atoms with Crippen molar-refractivity contribution in [1.82, 2.24) is 0 Å². The maximum atomic E-state index is 11.6. The van der Waals surface area contributed by atoms with Gasteiger partial charge in [-0.25, -0.2) is 0 Å². The Bertz CT molecular complexity index is 591. The van der Waals surface area contributed by atoms with Crippen LogP contribution in [0.1, 0.15) is 17.3 Å². The van der Waals surface area contributed by atoms with Gasteiger partial charge in [-0.3, -0.25) is 4.79 Å². The topological polar surface area (TPSA) is 61.5 Å². The Balaban J connectivity index is 2.36. The number of anilines is 1. The molecule has 0 atom stereocenters. The Kier molecular flexibility index (Phi) is 3.71. The van der Waals surface area contributed by atoms with Crippen molar-refractivity contribution in [3.8, 4) is 17.2 Å².